The topological polar surface area (TPSA) is 75.4 Å². The monoisotopic (exact) mass is 369 g/mol. The Labute approximate surface area is 131 Å². The summed E-state index contributed by atoms with van der Waals surface area (Å²) in [7, 11) is 1.60. The standard InChI is InChI=1S/C11H16BrN3O2S.ClH/c1-7(5-13)14-10(16)6-15(2)11(17)8-3-4-9(12)18-8;/h3-4,7H,5-6,13H2,1-2H3,(H,14,16);1H/t7-;/m0./s1. The molecule has 5 nitrogen and oxygen atoms in total. The van der Waals surface area contributed by atoms with Crippen molar-refractivity contribution in [2.45, 2.75) is 13.0 Å². The Morgan fingerprint density at radius 2 is 2.16 bits per heavy atom. The van der Waals surface area contributed by atoms with E-state index in [1.807, 2.05) is 13.0 Å². The Balaban J connectivity index is 0.00000324. The van der Waals surface area contributed by atoms with Gasteiger partial charge in [-0.2, -0.15) is 0 Å². The Morgan fingerprint density at radius 1 is 1.53 bits per heavy atom. The molecule has 0 saturated carbocycles. The fraction of sp³-hybridized carbons (Fsp3) is 0.455. The molecule has 0 aliphatic heterocycles. The van der Waals surface area contributed by atoms with E-state index in [2.05, 4.69) is 21.2 Å². The van der Waals surface area contributed by atoms with Gasteiger partial charge < -0.3 is 16.0 Å². The van der Waals surface area contributed by atoms with E-state index >= 15 is 0 Å². The lowest BCUT2D eigenvalue weighted by Gasteiger charge is -2.17. The number of hydrogen-bond acceptors (Lipinski definition) is 4. The molecule has 0 radical (unpaired) electrons. The molecule has 1 aromatic rings. The van der Waals surface area contributed by atoms with E-state index in [4.69, 9.17) is 5.73 Å². The van der Waals surface area contributed by atoms with Gasteiger partial charge in [0.15, 0.2) is 0 Å². The molecule has 0 unspecified atom stereocenters. The first kappa shape index (κ1) is 18.4. The molecule has 1 heterocycles. The number of nitrogens with one attached hydrogen (secondary N) is 1. The van der Waals surface area contributed by atoms with Gasteiger partial charge in [0.25, 0.3) is 5.91 Å². The maximum absolute atomic E-state index is 12.0. The molecule has 2 amide bonds. The van der Waals surface area contributed by atoms with Crippen LogP contribution in [0.4, 0.5) is 0 Å². The molecule has 8 heteroatoms. The number of amides is 2. The van der Waals surface area contributed by atoms with Crippen molar-refractivity contribution in [2.24, 2.45) is 5.73 Å². The summed E-state index contributed by atoms with van der Waals surface area (Å²) in [6, 6.07) is 3.45. The summed E-state index contributed by atoms with van der Waals surface area (Å²) in [6.45, 7) is 2.22. The van der Waals surface area contributed by atoms with Gasteiger partial charge in [-0.3, -0.25) is 9.59 Å². The zero-order chi connectivity index (χ0) is 13.7. The molecule has 0 fully saturated rings. The summed E-state index contributed by atoms with van der Waals surface area (Å²) in [5.74, 6) is -0.374. The van der Waals surface area contributed by atoms with Gasteiger partial charge in [0.1, 0.15) is 0 Å². The molecule has 1 atom stereocenters. The molecule has 3 N–H and O–H groups in total. The van der Waals surface area contributed by atoms with Crippen LogP contribution in [-0.2, 0) is 4.79 Å². The van der Waals surface area contributed by atoms with Crippen molar-refractivity contribution in [1.82, 2.24) is 10.2 Å². The number of likely N-dealkylation sites (N-methyl/N-ethyl adjacent to an activating group) is 1. The van der Waals surface area contributed by atoms with Gasteiger partial charge in [0.05, 0.1) is 15.2 Å². The molecule has 0 aromatic carbocycles. The zero-order valence-electron chi connectivity index (χ0n) is 10.7. The number of hydrogen-bond donors (Lipinski definition) is 2. The molecule has 0 aliphatic carbocycles. The van der Waals surface area contributed by atoms with Crippen LogP contribution in [0.25, 0.3) is 0 Å². The number of halogens is 2. The van der Waals surface area contributed by atoms with E-state index in [9.17, 15) is 9.59 Å². The fourth-order valence-electron chi connectivity index (χ4n) is 1.28. The Kier molecular flexibility index (Phi) is 8.24. The van der Waals surface area contributed by atoms with Crippen molar-refractivity contribution in [3.05, 3.63) is 20.8 Å². The van der Waals surface area contributed by atoms with Crippen LogP contribution in [0.2, 0.25) is 0 Å². The maximum Gasteiger partial charge on any atom is 0.264 e. The Morgan fingerprint density at radius 3 is 2.63 bits per heavy atom. The van der Waals surface area contributed by atoms with Crippen molar-refractivity contribution in [1.29, 1.82) is 0 Å². The summed E-state index contributed by atoms with van der Waals surface area (Å²) in [4.78, 5) is 25.5. The average molecular weight is 371 g/mol. The second kappa shape index (κ2) is 8.52. The smallest absolute Gasteiger partial charge is 0.264 e. The third-order valence-corrected chi connectivity index (χ3v) is 3.88. The summed E-state index contributed by atoms with van der Waals surface area (Å²) in [5.41, 5.74) is 5.41. The highest BCUT2D eigenvalue weighted by Gasteiger charge is 2.17. The highest BCUT2D eigenvalue weighted by atomic mass is 79.9. The molecule has 1 rings (SSSR count). The second-order valence-electron chi connectivity index (χ2n) is 3.97. The molecule has 0 bridgehead atoms. The van der Waals surface area contributed by atoms with Crippen LogP contribution in [0.15, 0.2) is 15.9 Å². The van der Waals surface area contributed by atoms with E-state index in [1.165, 1.54) is 16.2 Å². The van der Waals surface area contributed by atoms with Gasteiger partial charge in [-0.25, -0.2) is 0 Å². The number of carbonyl (C=O) groups excluding carboxylic acids is 2. The molecule has 0 spiro atoms. The van der Waals surface area contributed by atoms with Crippen LogP contribution in [-0.4, -0.2) is 42.9 Å². The lowest BCUT2D eigenvalue weighted by atomic mass is 10.3. The van der Waals surface area contributed by atoms with Crippen LogP contribution in [0.3, 0.4) is 0 Å². The van der Waals surface area contributed by atoms with E-state index in [1.54, 1.807) is 13.1 Å². The number of nitrogens with two attached hydrogens (primary N) is 1. The first-order valence-electron chi connectivity index (χ1n) is 5.44. The SMILES string of the molecule is C[C@@H](CN)NC(=O)CN(C)C(=O)c1ccc(Br)s1.Cl. The van der Waals surface area contributed by atoms with Crippen LogP contribution >= 0.6 is 39.7 Å². The third-order valence-electron chi connectivity index (χ3n) is 2.27. The largest absolute Gasteiger partial charge is 0.351 e. The number of carbonyl (C=O) groups is 2. The fourth-order valence-corrected chi connectivity index (χ4v) is 2.66. The first-order chi connectivity index (χ1) is 8.43. The normalized spacial score (nSPS) is 11.4. The molecular weight excluding hydrogens is 354 g/mol. The minimum atomic E-state index is -0.209. The van der Waals surface area contributed by atoms with Crippen molar-refractivity contribution in [3.8, 4) is 0 Å². The van der Waals surface area contributed by atoms with Crippen molar-refractivity contribution in [2.75, 3.05) is 20.1 Å². The number of rotatable bonds is 5. The summed E-state index contributed by atoms with van der Waals surface area (Å²) >= 11 is 4.64. The molecular formula is C11H17BrClN3O2S. The molecule has 0 saturated heterocycles. The van der Waals surface area contributed by atoms with Crippen molar-refractivity contribution >= 4 is 51.5 Å². The van der Waals surface area contributed by atoms with Crippen molar-refractivity contribution in [3.63, 3.8) is 0 Å². The summed E-state index contributed by atoms with van der Waals surface area (Å²) in [6.07, 6.45) is 0. The highest BCUT2D eigenvalue weighted by molar-refractivity contribution is 9.11. The first-order valence-corrected chi connectivity index (χ1v) is 7.05. The average Bonchev–Trinajstić information content (AvgIpc) is 2.74. The maximum atomic E-state index is 12.0. The van der Waals surface area contributed by atoms with Gasteiger partial charge in [-0.15, -0.1) is 23.7 Å². The second-order valence-corrected chi connectivity index (χ2v) is 6.43. The number of nitrogens with zero attached hydrogens (tertiary/aromatic N) is 1. The summed E-state index contributed by atoms with van der Waals surface area (Å²) < 4.78 is 0.889. The lowest BCUT2D eigenvalue weighted by molar-refractivity contribution is -0.122. The van der Waals surface area contributed by atoms with Crippen LogP contribution in [0.5, 0.6) is 0 Å². The van der Waals surface area contributed by atoms with Gasteiger partial charge in [-0.05, 0) is 35.0 Å². The zero-order valence-corrected chi connectivity index (χ0v) is 13.9. The van der Waals surface area contributed by atoms with Crippen LogP contribution in [0, 0.1) is 0 Å². The minimum absolute atomic E-state index is 0. The third kappa shape index (κ3) is 5.90. The predicted octanol–water partition coefficient (Wildman–Crippen LogP) is 1.47. The molecule has 108 valence electrons. The number of thiophene rings is 1. The van der Waals surface area contributed by atoms with Gasteiger partial charge in [0, 0.05) is 19.6 Å². The molecule has 1 aromatic heterocycles. The Hall–Kier alpha value is -0.630. The van der Waals surface area contributed by atoms with Gasteiger partial charge in [0.2, 0.25) is 5.91 Å². The summed E-state index contributed by atoms with van der Waals surface area (Å²) in [5, 5.41) is 2.71. The van der Waals surface area contributed by atoms with Gasteiger partial charge >= 0.3 is 0 Å². The predicted molar refractivity (Wildman–Crippen MR) is 82.9 cm³/mol. The lowest BCUT2D eigenvalue weighted by Crippen LogP contribution is -2.44. The Bertz CT molecular complexity index is 441. The molecule has 0 aliphatic rings. The van der Waals surface area contributed by atoms with E-state index in [0.29, 0.717) is 11.4 Å². The van der Waals surface area contributed by atoms with E-state index in [0.717, 1.165) is 3.79 Å². The minimum Gasteiger partial charge on any atom is -0.351 e. The quantitative estimate of drug-likeness (QED) is 0.824. The van der Waals surface area contributed by atoms with Gasteiger partial charge in [-0.1, -0.05) is 0 Å². The van der Waals surface area contributed by atoms with Crippen LogP contribution in [0.1, 0.15) is 16.6 Å². The van der Waals surface area contributed by atoms with Crippen LogP contribution < -0.4 is 11.1 Å². The van der Waals surface area contributed by atoms with E-state index in [-0.39, 0.29) is 36.8 Å². The van der Waals surface area contributed by atoms with Crippen molar-refractivity contribution < 1.29 is 9.59 Å². The highest BCUT2D eigenvalue weighted by Crippen LogP contribution is 2.22. The van der Waals surface area contributed by atoms with E-state index < -0.39 is 0 Å². The molecule has 19 heavy (non-hydrogen) atoms.